The Morgan fingerprint density at radius 1 is 1.38 bits per heavy atom. The summed E-state index contributed by atoms with van der Waals surface area (Å²) in [7, 11) is 0. The third-order valence-corrected chi connectivity index (χ3v) is 3.72. The molecule has 0 unspecified atom stereocenters. The number of aliphatic imine (C=N–C) groups is 1. The van der Waals surface area contributed by atoms with Crippen molar-refractivity contribution in [2.24, 2.45) is 10.9 Å². The van der Waals surface area contributed by atoms with Gasteiger partial charge in [0.05, 0.1) is 5.70 Å². The molecule has 0 aromatic heterocycles. The van der Waals surface area contributed by atoms with Gasteiger partial charge in [0.25, 0.3) is 0 Å². The molecular formula is C20H25N3O. The highest BCUT2D eigenvalue weighted by molar-refractivity contribution is 6.01. The van der Waals surface area contributed by atoms with Gasteiger partial charge in [-0.3, -0.25) is 9.79 Å². The van der Waals surface area contributed by atoms with Crippen molar-refractivity contribution in [1.82, 2.24) is 10.2 Å². The van der Waals surface area contributed by atoms with Crippen molar-refractivity contribution in [1.29, 1.82) is 0 Å². The molecule has 24 heavy (non-hydrogen) atoms. The molecule has 126 valence electrons. The minimum absolute atomic E-state index is 0.0566. The molecule has 1 aliphatic heterocycles. The number of ketones is 1. The van der Waals surface area contributed by atoms with Crippen LogP contribution in [0.15, 0.2) is 60.0 Å². The summed E-state index contributed by atoms with van der Waals surface area (Å²) >= 11 is 0. The summed E-state index contributed by atoms with van der Waals surface area (Å²) in [6.07, 6.45) is 5.79. The lowest BCUT2D eigenvalue weighted by Gasteiger charge is -2.30. The van der Waals surface area contributed by atoms with Gasteiger partial charge in [0.1, 0.15) is 5.84 Å². The van der Waals surface area contributed by atoms with Gasteiger partial charge < -0.3 is 10.2 Å². The second-order valence-electron chi connectivity index (χ2n) is 6.17. The predicted octanol–water partition coefficient (Wildman–Crippen LogP) is 4.19. The van der Waals surface area contributed by atoms with Gasteiger partial charge in [-0.05, 0) is 31.4 Å². The topological polar surface area (TPSA) is 44.7 Å². The number of nitrogens with one attached hydrogen (secondary N) is 1. The molecule has 2 rings (SSSR count). The van der Waals surface area contributed by atoms with E-state index < -0.39 is 0 Å². The van der Waals surface area contributed by atoms with E-state index in [4.69, 9.17) is 0 Å². The zero-order valence-corrected chi connectivity index (χ0v) is 14.8. The molecule has 1 aromatic carbocycles. The van der Waals surface area contributed by atoms with Crippen LogP contribution in [0.3, 0.4) is 0 Å². The molecule has 4 nitrogen and oxygen atoms in total. The maximum absolute atomic E-state index is 11.7. The smallest absolute Gasteiger partial charge is 0.159 e. The zero-order valence-electron chi connectivity index (χ0n) is 14.8. The number of benzene rings is 1. The van der Waals surface area contributed by atoms with Gasteiger partial charge in [0.15, 0.2) is 5.78 Å². The number of carbonyl (C=O) groups is 1. The number of Topliss-reactive ketones (excluding diaryl/α,β-unsaturated/α-hetero) is 1. The van der Waals surface area contributed by atoms with E-state index in [2.05, 4.69) is 30.7 Å². The first-order chi connectivity index (χ1) is 11.4. The summed E-state index contributed by atoms with van der Waals surface area (Å²) in [5.74, 6) is 1.31. The van der Waals surface area contributed by atoms with Crippen molar-refractivity contribution in [3.8, 4) is 0 Å². The Balaban J connectivity index is 2.34. The van der Waals surface area contributed by atoms with Gasteiger partial charge in [-0.25, -0.2) is 0 Å². The van der Waals surface area contributed by atoms with Gasteiger partial charge in [-0.2, -0.15) is 0 Å². The Hall–Kier alpha value is -2.62. The third kappa shape index (κ3) is 4.02. The average Bonchev–Trinajstić information content (AvgIpc) is 2.56. The predicted molar refractivity (Wildman–Crippen MR) is 100 cm³/mol. The SMILES string of the molecule is C=C1C(=NCC(C)C)NC=CN1/C(=C\C)c1cccc(C(C)=O)c1. The summed E-state index contributed by atoms with van der Waals surface area (Å²) in [5, 5.41) is 3.16. The molecule has 0 amide bonds. The highest BCUT2D eigenvalue weighted by Crippen LogP contribution is 2.26. The zero-order chi connectivity index (χ0) is 17.7. The normalized spacial score (nSPS) is 16.7. The molecule has 0 fully saturated rings. The molecule has 0 saturated heterocycles. The summed E-state index contributed by atoms with van der Waals surface area (Å²) in [5.41, 5.74) is 3.43. The van der Waals surface area contributed by atoms with E-state index in [-0.39, 0.29) is 5.78 Å². The Morgan fingerprint density at radius 2 is 2.08 bits per heavy atom. The molecule has 0 bridgehead atoms. The standard InChI is InChI=1S/C20H25N3O/c1-6-19(18-9-7-8-17(12-18)16(5)24)23-11-10-21-20(15(23)4)22-13-14(2)3/h6-12,14H,4,13H2,1-3,5H3,(H,21,22)/b19-6-. The van der Waals surface area contributed by atoms with Crippen LogP contribution in [-0.4, -0.2) is 23.1 Å². The van der Waals surface area contributed by atoms with Crippen LogP contribution in [0.4, 0.5) is 0 Å². The second kappa shape index (κ2) is 7.77. The Morgan fingerprint density at radius 3 is 2.71 bits per heavy atom. The van der Waals surface area contributed by atoms with Gasteiger partial charge >= 0.3 is 0 Å². The van der Waals surface area contributed by atoms with Crippen LogP contribution in [0.2, 0.25) is 0 Å². The Labute approximate surface area is 144 Å². The van der Waals surface area contributed by atoms with E-state index in [0.29, 0.717) is 11.5 Å². The van der Waals surface area contributed by atoms with Crippen LogP contribution in [0.5, 0.6) is 0 Å². The maximum atomic E-state index is 11.7. The summed E-state index contributed by atoms with van der Waals surface area (Å²) in [4.78, 5) is 18.3. The number of carbonyl (C=O) groups excluding carboxylic acids is 1. The maximum Gasteiger partial charge on any atom is 0.159 e. The molecular weight excluding hydrogens is 298 g/mol. The lowest BCUT2D eigenvalue weighted by Crippen LogP contribution is -2.33. The fraction of sp³-hybridized carbons (Fsp3) is 0.300. The van der Waals surface area contributed by atoms with Gasteiger partial charge in [0, 0.05) is 30.2 Å². The lowest BCUT2D eigenvalue weighted by atomic mass is 10.0. The quantitative estimate of drug-likeness (QED) is 0.826. The Bertz CT molecular complexity index is 726. The first-order valence-electron chi connectivity index (χ1n) is 8.18. The molecule has 0 aliphatic carbocycles. The van der Waals surface area contributed by atoms with Crippen molar-refractivity contribution in [2.45, 2.75) is 27.7 Å². The Kier molecular flexibility index (Phi) is 5.74. The summed E-state index contributed by atoms with van der Waals surface area (Å²) < 4.78 is 0. The molecule has 1 heterocycles. The molecule has 0 spiro atoms. The van der Waals surface area contributed by atoms with E-state index in [9.17, 15) is 4.79 Å². The van der Waals surface area contributed by atoms with Crippen LogP contribution in [0, 0.1) is 5.92 Å². The van der Waals surface area contributed by atoms with Gasteiger partial charge in [-0.1, -0.05) is 44.7 Å². The first kappa shape index (κ1) is 17.7. The molecule has 0 saturated carbocycles. The number of hydrogen-bond donors (Lipinski definition) is 1. The van der Waals surface area contributed by atoms with Crippen molar-refractivity contribution >= 4 is 17.3 Å². The van der Waals surface area contributed by atoms with Crippen LogP contribution in [0.1, 0.15) is 43.6 Å². The third-order valence-electron chi connectivity index (χ3n) is 3.72. The van der Waals surface area contributed by atoms with Crippen LogP contribution < -0.4 is 5.32 Å². The highest BCUT2D eigenvalue weighted by atomic mass is 16.1. The molecule has 1 N–H and O–H groups in total. The van der Waals surface area contributed by atoms with Crippen LogP contribution in [-0.2, 0) is 0 Å². The van der Waals surface area contributed by atoms with Crippen molar-refractivity contribution in [3.63, 3.8) is 0 Å². The minimum Gasteiger partial charge on any atom is -0.344 e. The minimum atomic E-state index is 0.0566. The van der Waals surface area contributed by atoms with E-state index in [0.717, 1.165) is 29.3 Å². The lowest BCUT2D eigenvalue weighted by molar-refractivity contribution is 0.101. The summed E-state index contributed by atoms with van der Waals surface area (Å²) in [6.45, 7) is 12.7. The first-order valence-corrected chi connectivity index (χ1v) is 8.18. The highest BCUT2D eigenvalue weighted by Gasteiger charge is 2.19. The average molecular weight is 323 g/mol. The largest absolute Gasteiger partial charge is 0.344 e. The fourth-order valence-electron chi connectivity index (χ4n) is 2.46. The molecule has 0 atom stereocenters. The number of rotatable bonds is 5. The molecule has 1 aromatic rings. The van der Waals surface area contributed by atoms with Gasteiger partial charge in [0.2, 0.25) is 0 Å². The second-order valence-corrected chi connectivity index (χ2v) is 6.17. The van der Waals surface area contributed by atoms with Crippen molar-refractivity contribution in [3.05, 3.63) is 66.1 Å². The number of amidine groups is 1. The van der Waals surface area contributed by atoms with Crippen molar-refractivity contribution in [2.75, 3.05) is 6.54 Å². The fourth-order valence-corrected chi connectivity index (χ4v) is 2.46. The van der Waals surface area contributed by atoms with E-state index >= 15 is 0 Å². The monoisotopic (exact) mass is 323 g/mol. The van der Waals surface area contributed by atoms with Crippen LogP contribution >= 0.6 is 0 Å². The van der Waals surface area contributed by atoms with Gasteiger partial charge in [-0.15, -0.1) is 0 Å². The number of hydrogen-bond acceptors (Lipinski definition) is 3. The van der Waals surface area contributed by atoms with E-state index in [1.807, 2.05) is 54.6 Å². The molecule has 0 radical (unpaired) electrons. The van der Waals surface area contributed by atoms with Crippen molar-refractivity contribution < 1.29 is 4.79 Å². The summed E-state index contributed by atoms with van der Waals surface area (Å²) in [6, 6.07) is 7.64. The molecule has 1 aliphatic rings. The number of allylic oxidation sites excluding steroid dienone is 1. The van der Waals surface area contributed by atoms with E-state index in [1.54, 1.807) is 6.92 Å². The van der Waals surface area contributed by atoms with Crippen LogP contribution in [0.25, 0.3) is 5.70 Å². The van der Waals surface area contributed by atoms with E-state index in [1.165, 1.54) is 0 Å². The molecule has 4 heteroatoms. The number of nitrogens with zero attached hydrogens (tertiary/aromatic N) is 2.